The number of carbonyl (C=O) groups excluding carboxylic acids is 1. The zero-order valence-electron chi connectivity index (χ0n) is 11.9. The van der Waals surface area contributed by atoms with Crippen LogP contribution in [0.4, 0.5) is 5.69 Å². The fourth-order valence-corrected chi connectivity index (χ4v) is 1.82. The van der Waals surface area contributed by atoms with Gasteiger partial charge in [0.15, 0.2) is 0 Å². The highest BCUT2D eigenvalue weighted by Gasteiger charge is 2.14. The molecule has 1 aromatic rings. The average Bonchev–Trinajstić information content (AvgIpc) is 2.69. The number of thiophene rings is 1. The lowest BCUT2D eigenvalue weighted by Gasteiger charge is -2.06. The first-order valence-electron chi connectivity index (χ1n) is 5.84. The van der Waals surface area contributed by atoms with E-state index in [0.717, 1.165) is 4.88 Å². The predicted molar refractivity (Wildman–Crippen MR) is 77.8 cm³/mol. The summed E-state index contributed by atoms with van der Waals surface area (Å²) < 4.78 is 4.62. The van der Waals surface area contributed by atoms with E-state index in [1.54, 1.807) is 6.07 Å². The normalized spacial score (nSPS) is 9.67. The van der Waals surface area contributed by atoms with Crippen molar-refractivity contribution >= 4 is 23.0 Å². The first-order valence-corrected chi connectivity index (χ1v) is 6.66. The topological polar surface area (TPSA) is 52.3 Å². The van der Waals surface area contributed by atoms with E-state index in [-0.39, 0.29) is 5.41 Å². The van der Waals surface area contributed by atoms with Gasteiger partial charge < -0.3 is 10.5 Å². The van der Waals surface area contributed by atoms with Crippen molar-refractivity contribution in [1.82, 2.24) is 0 Å². The van der Waals surface area contributed by atoms with Crippen LogP contribution in [0.25, 0.3) is 0 Å². The number of rotatable bonds is 1. The third kappa shape index (κ3) is 5.24. The minimum atomic E-state index is -0.411. The smallest absolute Gasteiger partial charge is 0.350 e. The summed E-state index contributed by atoms with van der Waals surface area (Å²) in [4.78, 5) is 12.5. The van der Waals surface area contributed by atoms with Crippen molar-refractivity contribution in [2.75, 3.05) is 12.8 Å². The second kappa shape index (κ2) is 7.07. The number of carbonyl (C=O) groups is 1. The number of hydrogen-bond donors (Lipinski definition) is 1. The Morgan fingerprint density at radius 1 is 1.39 bits per heavy atom. The number of anilines is 1. The molecule has 0 aliphatic carbocycles. The van der Waals surface area contributed by atoms with Crippen LogP contribution in [0.5, 0.6) is 0 Å². The molecule has 0 amide bonds. The van der Waals surface area contributed by atoms with Crippen molar-refractivity contribution in [3.05, 3.63) is 15.8 Å². The number of hydrogen-bond acceptors (Lipinski definition) is 4. The van der Waals surface area contributed by atoms with Crippen molar-refractivity contribution in [3.63, 3.8) is 0 Å². The molecule has 3 nitrogen and oxygen atoms in total. The molecular formula is C14H21NO2S. The summed E-state index contributed by atoms with van der Waals surface area (Å²) in [5.41, 5.74) is 6.06. The van der Waals surface area contributed by atoms with E-state index in [4.69, 9.17) is 5.73 Å². The Labute approximate surface area is 113 Å². The molecule has 4 heteroatoms. The van der Waals surface area contributed by atoms with E-state index in [9.17, 15) is 4.79 Å². The Bertz CT molecular complexity index is 458. The maximum Gasteiger partial charge on any atom is 0.350 e. The van der Waals surface area contributed by atoms with Gasteiger partial charge in [0.1, 0.15) is 4.88 Å². The quantitative estimate of drug-likeness (QED) is 0.625. The third-order valence-corrected chi connectivity index (χ3v) is 2.74. The molecule has 1 aromatic heterocycles. The molecule has 0 unspecified atom stereocenters. The molecule has 0 aliphatic rings. The lowest BCUT2D eigenvalue weighted by molar-refractivity contribution is 0.0607. The third-order valence-electron chi connectivity index (χ3n) is 1.69. The monoisotopic (exact) mass is 267 g/mol. The first-order chi connectivity index (χ1) is 8.33. The highest BCUT2D eigenvalue weighted by molar-refractivity contribution is 7.15. The van der Waals surface area contributed by atoms with Crippen LogP contribution in [0.1, 0.15) is 49.2 Å². The Balaban J connectivity index is 0.00000137. The van der Waals surface area contributed by atoms with Gasteiger partial charge in [0, 0.05) is 5.41 Å². The Morgan fingerprint density at radius 3 is 2.39 bits per heavy atom. The second-order valence-corrected chi connectivity index (χ2v) is 5.44. The highest BCUT2D eigenvalue weighted by atomic mass is 32.1. The van der Waals surface area contributed by atoms with Crippen LogP contribution < -0.4 is 5.73 Å². The van der Waals surface area contributed by atoms with Crippen molar-refractivity contribution in [2.45, 2.75) is 34.6 Å². The van der Waals surface area contributed by atoms with Gasteiger partial charge >= 0.3 is 5.97 Å². The van der Waals surface area contributed by atoms with Crippen molar-refractivity contribution in [1.29, 1.82) is 0 Å². The molecular weight excluding hydrogens is 246 g/mol. The van der Waals surface area contributed by atoms with Gasteiger partial charge in [-0.05, 0) is 26.8 Å². The summed E-state index contributed by atoms with van der Waals surface area (Å²) in [7, 11) is 1.34. The van der Waals surface area contributed by atoms with E-state index in [0.29, 0.717) is 10.6 Å². The van der Waals surface area contributed by atoms with E-state index in [1.165, 1.54) is 18.4 Å². The molecule has 0 aromatic carbocycles. The van der Waals surface area contributed by atoms with Crippen LogP contribution >= 0.6 is 11.3 Å². The van der Waals surface area contributed by atoms with Gasteiger partial charge in [-0.1, -0.05) is 25.7 Å². The summed E-state index contributed by atoms with van der Waals surface area (Å²) in [6, 6.07) is 1.70. The molecule has 0 bridgehead atoms. The number of nitrogens with two attached hydrogens (primary N) is 1. The largest absolute Gasteiger partial charge is 0.465 e. The lowest BCUT2D eigenvalue weighted by atomic mass is 9.98. The molecule has 0 atom stereocenters. The number of esters is 1. The van der Waals surface area contributed by atoms with Crippen LogP contribution in [0.15, 0.2) is 6.07 Å². The SMILES string of the molecule is CC.COC(=O)c1sc(C#CC(C)(C)C)cc1N. The maximum atomic E-state index is 11.3. The van der Waals surface area contributed by atoms with Crippen molar-refractivity contribution < 1.29 is 9.53 Å². The molecule has 0 saturated carbocycles. The summed E-state index contributed by atoms with van der Waals surface area (Å²) in [5, 5.41) is 0. The maximum absolute atomic E-state index is 11.3. The minimum Gasteiger partial charge on any atom is -0.465 e. The molecule has 0 radical (unpaired) electrons. The van der Waals surface area contributed by atoms with Gasteiger partial charge in [-0.15, -0.1) is 11.3 Å². The molecule has 0 aliphatic heterocycles. The molecule has 18 heavy (non-hydrogen) atoms. The van der Waals surface area contributed by atoms with Gasteiger partial charge in [-0.25, -0.2) is 4.79 Å². The van der Waals surface area contributed by atoms with E-state index < -0.39 is 5.97 Å². The van der Waals surface area contributed by atoms with Crippen molar-refractivity contribution in [3.8, 4) is 11.8 Å². The lowest BCUT2D eigenvalue weighted by Crippen LogP contribution is -2.00. The second-order valence-electron chi connectivity index (χ2n) is 4.39. The van der Waals surface area contributed by atoms with Crippen LogP contribution in [0.2, 0.25) is 0 Å². The fraction of sp³-hybridized carbons (Fsp3) is 0.500. The van der Waals surface area contributed by atoms with Gasteiger partial charge in [-0.3, -0.25) is 0 Å². The summed E-state index contributed by atoms with van der Waals surface area (Å²) in [5.74, 6) is 5.68. The Hall–Kier alpha value is -1.47. The molecule has 2 N–H and O–H groups in total. The van der Waals surface area contributed by atoms with Crippen LogP contribution in [0, 0.1) is 17.3 Å². The summed E-state index contributed by atoms with van der Waals surface area (Å²) in [6.07, 6.45) is 0. The van der Waals surface area contributed by atoms with Gasteiger partial charge in [0.2, 0.25) is 0 Å². The highest BCUT2D eigenvalue weighted by Crippen LogP contribution is 2.25. The Kier molecular flexibility index (Phi) is 6.50. The van der Waals surface area contributed by atoms with Crippen molar-refractivity contribution in [2.24, 2.45) is 5.41 Å². The van der Waals surface area contributed by atoms with Crippen LogP contribution in [0.3, 0.4) is 0 Å². The molecule has 0 saturated heterocycles. The van der Waals surface area contributed by atoms with E-state index in [1.807, 2.05) is 34.6 Å². The molecule has 0 fully saturated rings. The zero-order valence-corrected chi connectivity index (χ0v) is 12.7. The van der Waals surface area contributed by atoms with Gasteiger partial charge in [0.05, 0.1) is 17.7 Å². The van der Waals surface area contributed by atoms with Crippen LogP contribution in [-0.4, -0.2) is 13.1 Å². The van der Waals surface area contributed by atoms with Gasteiger partial charge in [-0.2, -0.15) is 0 Å². The van der Waals surface area contributed by atoms with E-state index in [2.05, 4.69) is 16.6 Å². The minimum absolute atomic E-state index is 0.0653. The number of methoxy groups -OCH3 is 1. The molecule has 1 rings (SSSR count). The average molecular weight is 267 g/mol. The molecule has 0 spiro atoms. The summed E-state index contributed by atoms with van der Waals surface area (Å²) in [6.45, 7) is 10.1. The summed E-state index contributed by atoms with van der Waals surface area (Å²) >= 11 is 1.26. The van der Waals surface area contributed by atoms with E-state index >= 15 is 0 Å². The molecule has 1 heterocycles. The number of ether oxygens (including phenoxy) is 1. The van der Waals surface area contributed by atoms with Crippen LogP contribution in [-0.2, 0) is 4.74 Å². The zero-order chi connectivity index (χ0) is 14.3. The Morgan fingerprint density at radius 2 is 1.94 bits per heavy atom. The number of nitrogen functional groups attached to an aromatic ring is 1. The van der Waals surface area contributed by atoms with Gasteiger partial charge in [0.25, 0.3) is 0 Å². The standard InChI is InChI=1S/C12H15NO2S.C2H6/c1-12(2,3)6-5-8-7-9(13)10(16-8)11(14)15-4;1-2/h7H,13H2,1-4H3;1-2H3. The predicted octanol–water partition coefficient (Wildman–Crippen LogP) is 3.54. The molecule has 100 valence electrons. The first kappa shape index (κ1) is 16.5. The fourth-order valence-electron chi connectivity index (χ4n) is 0.968.